The third-order valence-electron chi connectivity index (χ3n) is 3.93. The van der Waals surface area contributed by atoms with Crippen LogP contribution in [0, 0.1) is 5.41 Å². The molecule has 1 saturated heterocycles. The lowest BCUT2D eigenvalue weighted by Crippen LogP contribution is -2.57. The van der Waals surface area contributed by atoms with Gasteiger partial charge in [0.1, 0.15) is 5.41 Å². The average molecular weight is 271 g/mol. The third-order valence-corrected chi connectivity index (χ3v) is 3.93. The van der Waals surface area contributed by atoms with Crippen LogP contribution < -0.4 is 5.73 Å². The van der Waals surface area contributed by atoms with Gasteiger partial charge in [-0.3, -0.25) is 4.79 Å². The Morgan fingerprint density at radius 2 is 2.05 bits per heavy atom. The fraction of sp³-hybridized carbons (Fsp3) is 0.846. The highest BCUT2D eigenvalue weighted by Gasteiger charge is 2.44. The van der Waals surface area contributed by atoms with Gasteiger partial charge < -0.3 is 20.6 Å². The van der Waals surface area contributed by atoms with E-state index in [1.54, 1.807) is 4.90 Å². The molecule has 0 aromatic heterocycles. The lowest BCUT2D eigenvalue weighted by molar-refractivity contribution is -0.153. The highest BCUT2D eigenvalue weighted by molar-refractivity contribution is 6.06. The van der Waals surface area contributed by atoms with E-state index in [0.717, 1.165) is 0 Å². The molecule has 1 heterocycles. The van der Waals surface area contributed by atoms with E-state index in [9.17, 15) is 4.79 Å². The number of morpholine rings is 1. The maximum atomic E-state index is 12.8. The summed E-state index contributed by atoms with van der Waals surface area (Å²) in [6.45, 7) is 9.24. The van der Waals surface area contributed by atoms with Gasteiger partial charge in [-0.1, -0.05) is 19.0 Å². The second-order valence-corrected chi connectivity index (χ2v) is 5.61. The number of nitrogens with two attached hydrogens (primary N) is 1. The van der Waals surface area contributed by atoms with Crippen LogP contribution in [0.4, 0.5) is 0 Å². The molecule has 0 atom stereocenters. The van der Waals surface area contributed by atoms with Crippen molar-refractivity contribution in [3.8, 4) is 0 Å². The van der Waals surface area contributed by atoms with Crippen molar-refractivity contribution >= 4 is 11.7 Å². The Labute approximate surface area is 114 Å². The number of rotatable bonds is 4. The van der Waals surface area contributed by atoms with Crippen molar-refractivity contribution < 1.29 is 14.7 Å². The molecule has 1 aliphatic heterocycles. The predicted octanol–water partition coefficient (Wildman–Crippen LogP) is 1.18. The van der Waals surface area contributed by atoms with Crippen LogP contribution in [0.2, 0.25) is 0 Å². The van der Waals surface area contributed by atoms with Gasteiger partial charge in [-0.15, -0.1) is 0 Å². The monoisotopic (exact) mass is 271 g/mol. The summed E-state index contributed by atoms with van der Waals surface area (Å²) in [5.41, 5.74) is 4.50. The van der Waals surface area contributed by atoms with E-state index in [1.807, 2.05) is 27.7 Å². The summed E-state index contributed by atoms with van der Waals surface area (Å²) in [5.74, 6) is -0.0871. The van der Waals surface area contributed by atoms with Gasteiger partial charge in [-0.25, -0.2) is 0 Å². The van der Waals surface area contributed by atoms with Crippen molar-refractivity contribution in [2.75, 3.05) is 19.7 Å². The fourth-order valence-corrected chi connectivity index (χ4v) is 2.61. The summed E-state index contributed by atoms with van der Waals surface area (Å²) < 4.78 is 5.61. The van der Waals surface area contributed by atoms with E-state index < -0.39 is 5.41 Å². The molecule has 6 heteroatoms. The summed E-state index contributed by atoms with van der Waals surface area (Å²) >= 11 is 0. The van der Waals surface area contributed by atoms with Crippen LogP contribution in [-0.2, 0) is 9.53 Å². The summed E-state index contributed by atoms with van der Waals surface area (Å²) in [6.07, 6.45) is 1.02. The van der Waals surface area contributed by atoms with E-state index in [1.165, 1.54) is 0 Å². The van der Waals surface area contributed by atoms with Crippen LogP contribution in [0.3, 0.4) is 0 Å². The smallest absolute Gasteiger partial charge is 0.236 e. The number of oxime groups is 1. The summed E-state index contributed by atoms with van der Waals surface area (Å²) in [7, 11) is 0. The topological polar surface area (TPSA) is 88.2 Å². The Morgan fingerprint density at radius 3 is 2.47 bits per heavy atom. The van der Waals surface area contributed by atoms with Gasteiger partial charge >= 0.3 is 0 Å². The highest BCUT2D eigenvalue weighted by atomic mass is 16.5. The summed E-state index contributed by atoms with van der Waals surface area (Å²) in [5, 5.41) is 12.0. The zero-order valence-corrected chi connectivity index (χ0v) is 12.3. The van der Waals surface area contributed by atoms with Crippen molar-refractivity contribution in [2.24, 2.45) is 16.3 Å². The molecule has 1 aliphatic rings. The van der Waals surface area contributed by atoms with Gasteiger partial charge in [0.2, 0.25) is 5.91 Å². The fourth-order valence-electron chi connectivity index (χ4n) is 2.61. The SMILES string of the molecule is CCC(CC)(C(=O)N1CCOC(C)(C)C1)C(N)=NO. The molecule has 0 aromatic rings. The van der Waals surface area contributed by atoms with E-state index in [0.29, 0.717) is 32.5 Å². The largest absolute Gasteiger partial charge is 0.409 e. The number of ether oxygens (including phenoxy) is 1. The van der Waals surface area contributed by atoms with Crippen molar-refractivity contribution in [1.29, 1.82) is 0 Å². The maximum Gasteiger partial charge on any atom is 0.236 e. The molecule has 0 aliphatic carbocycles. The number of hydrogen-bond acceptors (Lipinski definition) is 4. The Kier molecular flexibility index (Phi) is 4.79. The van der Waals surface area contributed by atoms with E-state index in [2.05, 4.69) is 5.16 Å². The molecular formula is C13H25N3O3. The van der Waals surface area contributed by atoms with Gasteiger partial charge in [0, 0.05) is 13.1 Å². The molecular weight excluding hydrogens is 246 g/mol. The Bertz CT molecular complexity index is 362. The van der Waals surface area contributed by atoms with Crippen molar-refractivity contribution in [2.45, 2.75) is 46.1 Å². The first-order valence-corrected chi connectivity index (χ1v) is 6.74. The average Bonchev–Trinajstić information content (AvgIpc) is 2.39. The summed E-state index contributed by atoms with van der Waals surface area (Å²) in [6, 6.07) is 0. The van der Waals surface area contributed by atoms with Gasteiger partial charge in [0.15, 0.2) is 5.84 Å². The van der Waals surface area contributed by atoms with E-state index >= 15 is 0 Å². The quantitative estimate of drug-likeness (QED) is 0.348. The van der Waals surface area contributed by atoms with Gasteiger partial charge in [-0.05, 0) is 26.7 Å². The van der Waals surface area contributed by atoms with Crippen molar-refractivity contribution in [1.82, 2.24) is 4.90 Å². The minimum Gasteiger partial charge on any atom is -0.409 e. The van der Waals surface area contributed by atoms with Crippen LogP contribution in [0.5, 0.6) is 0 Å². The second kappa shape index (κ2) is 5.77. The molecule has 3 N–H and O–H groups in total. The first-order valence-electron chi connectivity index (χ1n) is 6.74. The molecule has 0 aromatic carbocycles. The number of carbonyl (C=O) groups is 1. The molecule has 1 fully saturated rings. The molecule has 1 amide bonds. The van der Waals surface area contributed by atoms with Crippen LogP contribution in [0.25, 0.3) is 0 Å². The lowest BCUT2D eigenvalue weighted by Gasteiger charge is -2.42. The van der Waals surface area contributed by atoms with Crippen LogP contribution in [-0.4, -0.2) is 47.1 Å². The molecule has 19 heavy (non-hydrogen) atoms. The molecule has 0 saturated carbocycles. The minimum absolute atomic E-state index is 0.00759. The van der Waals surface area contributed by atoms with E-state index in [4.69, 9.17) is 15.7 Å². The zero-order chi connectivity index (χ0) is 14.7. The third kappa shape index (κ3) is 3.00. The van der Waals surface area contributed by atoms with Crippen molar-refractivity contribution in [3.63, 3.8) is 0 Å². The predicted molar refractivity (Wildman–Crippen MR) is 73.0 cm³/mol. The van der Waals surface area contributed by atoms with Gasteiger partial charge in [0.05, 0.1) is 12.2 Å². The second-order valence-electron chi connectivity index (χ2n) is 5.61. The van der Waals surface area contributed by atoms with E-state index in [-0.39, 0.29) is 17.3 Å². The van der Waals surface area contributed by atoms with Crippen LogP contribution >= 0.6 is 0 Å². The van der Waals surface area contributed by atoms with Crippen LogP contribution in [0.1, 0.15) is 40.5 Å². The molecule has 0 radical (unpaired) electrons. The Morgan fingerprint density at radius 1 is 1.47 bits per heavy atom. The standard InChI is InChI=1S/C13H25N3O3/c1-5-13(6-2,10(14)15-18)11(17)16-7-8-19-12(3,4)9-16/h18H,5-9H2,1-4H3,(H2,14,15). The molecule has 0 bridgehead atoms. The first kappa shape index (κ1) is 15.8. The van der Waals surface area contributed by atoms with Crippen molar-refractivity contribution in [3.05, 3.63) is 0 Å². The van der Waals surface area contributed by atoms with Crippen LogP contribution in [0.15, 0.2) is 5.16 Å². The minimum atomic E-state index is -0.915. The molecule has 0 spiro atoms. The molecule has 0 unspecified atom stereocenters. The maximum absolute atomic E-state index is 12.8. The first-order chi connectivity index (χ1) is 8.83. The molecule has 6 nitrogen and oxygen atoms in total. The Balaban J connectivity index is 3.01. The number of amides is 1. The lowest BCUT2D eigenvalue weighted by atomic mass is 9.79. The van der Waals surface area contributed by atoms with Gasteiger partial charge in [-0.2, -0.15) is 0 Å². The number of carbonyl (C=O) groups excluding carboxylic acids is 1. The number of nitrogens with zero attached hydrogens (tertiary/aromatic N) is 2. The number of hydrogen-bond donors (Lipinski definition) is 2. The zero-order valence-electron chi connectivity index (χ0n) is 12.3. The molecule has 1 rings (SSSR count). The number of amidine groups is 1. The highest BCUT2D eigenvalue weighted by Crippen LogP contribution is 2.31. The molecule has 110 valence electrons. The normalized spacial score (nSPS) is 20.4. The van der Waals surface area contributed by atoms with Gasteiger partial charge in [0.25, 0.3) is 0 Å². The summed E-state index contributed by atoms with van der Waals surface area (Å²) in [4.78, 5) is 14.5. The Hall–Kier alpha value is -1.30.